The number of likely N-dealkylation sites (N-methyl/N-ethyl adjacent to an activating group) is 1. The molecule has 1 aliphatic rings. The van der Waals surface area contributed by atoms with E-state index >= 15 is 0 Å². The van der Waals surface area contributed by atoms with Crippen molar-refractivity contribution in [3.8, 4) is 0 Å². The fraction of sp³-hybridized carbons (Fsp3) is 0.440. The van der Waals surface area contributed by atoms with E-state index in [0.29, 0.717) is 13.1 Å². The van der Waals surface area contributed by atoms with E-state index in [1.165, 1.54) is 11.1 Å². The summed E-state index contributed by atoms with van der Waals surface area (Å²) in [4.78, 5) is 22.0. The smallest absolute Gasteiger partial charge is 0.239 e. The lowest BCUT2D eigenvalue weighted by atomic mass is 10.2. The summed E-state index contributed by atoms with van der Waals surface area (Å²) in [5.74, 6) is 0.935. The Bertz CT molecular complexity index is 1020. The first-order chi connectivity index (χ1) is 15.6. The Labute approximate surface area is 195 Å². The van der Waals surface area contributed by atoms with Crippen LogP contribution in [0.1, 0.15) is 18.1 Å². The number of carbonyl (C=O) groups is 1. The fourth-order valence-electron chi connectivity index (χ4n) is 4.08. The summed E-state index contributed by atoms with van der Waals surface area (Å²) in [7, 11) is 0. The van der Waals surface area contributed by atoms with Gasteiger partial charge in [0.1, 0.15) is 11.6 Å². The molecular formula is C25H33N5OS. The van der Waals surface area contributed by atoms with Gasteiger partial charge in [-0.1, -0.05) is 36.8 Å². The summed E-state index contributed by atoms with van der Waals surface area (Å²) < 4.78 is 2.02. The van der Waals surface area contributed by atoms with Crippen LogP contribution in [0.25, 0.3) is 10.9 Å². The topological polar surface area (TPSA) is 53.4 Å². The molecule has 1 aliphatic heterocycles. The van der Waals surface area contributed by atoms with Crippen molar-refractivity contribution in [2.24, 2.45) is 0 Å². The molecule has 0 bridgehead atoms. The van der Waals surface area contributed by atoms with Gasteiger partial charge in [-0.15, -0.1) is 11.8 Å². The summed E-state index contributed by atoms with van der Waals surface area (Å²) >= 11 is 1.74. The molecule has 170 valence electrons. The zero-order chi connectivity index (χ0) is 22.3. The molecule has 0 spiro atoms. The van der Waals surface area contributed by atoms with E-state index in [0.717, 1.165) is 61.0 Å². The molecule has 3 heterocycles. The van der Waals surface area contributed by atoms with Gasteiger partial charge in [0.25, 0.3) is 0 Å². The number of aryl methyl sites for hydroxylation is 1. The van der Waals surface area contributed by atoms with E-state index in [1.807, 2.05) is 23.0 Å². The van der Waals surface area contributed by atoms with Crippen molar-refractivity contribution < 1.29 is 4.79 Å². The monoisotopic (exact) mass is 451 g/mol. The molecule has 0 saturated carbocycles. The first kappa shape index (κ1) is 22.8. The Kier molecular flexibility index (Phi) is 7.84. The van der Waals surface area contributed by atoms with Crippen LogP contribution >= 0.6 is 11.8 Å². The van der Waals surface area contributed by atoms with Gasteiger partial charge in [0.2, 0.25) is 5.91 Å². The van der Waals surface area contributed by atoms with Gasteiger partial charge >= 0.3 is 0 Å². The minimum absolute atomic E-state index is 0.0559. The van der Waals surface area contributed by atoms with Gasteiger partial charge in [-0.05, 0) is 31.2 Å². The number of hydrogen-bond acceptors (Lipinski definition) is 5. The maximum Gasteiger partial charge on any atom is 0.239 e. The minimum Gasteiger partial charge on any atom is -0.353 e. The third kappa shape index (κ3) is 5.91. The fourth-order valence-corrected chi connectivity index (χ4v) is 5.04. The van der Waals surface area contributed by atoms with Crippen LogP contribution < -0.4 is 5.32 Å². The number of pyridine rings is 1. The van der Waals surface area contributed by atoms with E-state index in [-0.39, 0.29) is 5.91 Å². The van der Waals surface area contributed by atoms with Crippen molar-refractivity contribution in [3.05, 3.63) is 59.9 Å². The molecule has 3 aromatic rings. The number of piperazine rings is 1. The maximum atomic E-state index is 12.5. The third-order valence-corrected chi connectivity index (χ3v) is 7.21. The summed E-state index contributed by atoms with van der Waals surface area (Å²) in [5.41, 5.74) is 3.61. The Hall–Kier alpha value is -2.35. The second kappa shape index (κ2) is 11.0. The quantitative estimate of drug-likeness (QED) is 0.506. The number of carbonyl (C=O) groups excluding carboxylic acids is 1. The number of hydrogen-bond donors (Lipinski definition) is 1. The second-order valence-corrected chi connectivity index (χ2v) is 9.36. The van der Waals surface area contributed by atoms with Crippen molar-refractivity contribution in [1.82, 2.24) is 24.7 Å². The molecule has 0 aliphatic carbocycles. The number of thioether (sulfide) groups is 1. The van der Waals surface area contributed by atoms with E-state index < -0.39 is 0 Å². The molecular weight excluding hydrogens is 418 g/mol. The number of benzene rings is 1. The van der Waals surface area contributed by atoms with Gasteiger partial charge in [0, 0.05) is 62.8 Å². The van der Waals surface area contributed by atoms with Gasteiger partial charge in [-0.3, -0.25) is 9.69 Å². The van der Waals surface area contributed by atoms with E-state index in [4.69, 9.17) is 0 Å². The van der Waals surface area contributed by atoms with E-state index in [1.54, 1.807) is 11.8 Å². The predicted octanol–water partition coefficient (Wildman–Crippen LogP) is 3.39. The summed E-state index contributed by atoms with van der Waals surface area (Å²) in [5, 5.41) is 5.20. The molecule has 7 heteroatoms. The van der Waals surface area contributed by atoms with Gasteiger partial charge < -0.3 is 14.8 Å². The predicted molar refractivity (Wildman–Crippen MR) is 132 cm³/mol. The zero-order valence-corrected chi connectivity index (χ0v) is 19.9. The lowest BCUT2D eigenvalue weighted by molar-refractivity contribution is -0.121. The zero-order valence-electron chi connectivity index (χ0n) is 19.1. The maximum absolute atomic E-state index is 12.5. The van der Waals surface area contributed by atoms with Crippen molar-refractivity contribution in [2.45, 2.75) is 31.2 Å². The van der Waals surface area contributed by atoms with Crippen LogP contribution in [0.15, 0.2) is 53.8 Å². The molecule has 2 aromatic heterocycles. The molecule has 32 heavy (non-hydrogen) atoms. The number of rotatable bonds is 9. The summed E-state index contributed by atoms with van der Waals surface area (Å²) in [6, 6.07) is 12.7. The van der Waals surface area contributed by atoms with Crippen molar-refractivity contribution >= 4 is 28.6 Å². The van der Waals surface area contributed by atoms with Gasteiger partial charge in [-0.25, -0.2) is 4.98 Å². The van der Waals surface area contributed by atoms with Crippen LogP contribution in [0, 0.1) is 6.92 Å². The Morgan fingerprint density at radius 3 is 2.56 bits per heavy atom. The number of amides is 1. The first-order valence-corrected chi connectivity index (χ1v) is 12.4. The van der Waals surface area contributed by atoms with Crippen LogP contribution in [-0.4, -0.2) is 71.1 Å². The number of nitrogens with one attached hydrogen (secondary N) is 1. The first-order valence-electron chi connectivity index (χ1n) is 11.5. The van der Waals surface area contributed by atoms with Crippen LogP contribution in [0.4, 0.5) is 0 Å². The van der Waals surface area contributed by atoms with Crippen LogP contribution in [0.3, 0.4) is 0 Å². The van der Waals surface area contributed by atoms with Crippen LogP contribution in [0.5, 0.6) is 0 Å². The van der Waals surface area contributed by atoms with Crippen LogP contribution in [-0.2, 0) is 17.1 Å². The average Bonchev–Trinajstić information content (AvgIpc) is 3.22. The summed E-state index contributed by atoms with van der Waals surface area (Å²) in [6.07, 6.45) is 3.83. The molecule has 1 aromatic carbocycles. The molecule has 0 atom stereocenters. The molecule has 6 nitrogen and oxygen atoms in total. The molecule has 0 unspecified atom stereocenters. The van der Waals surface area contributed by atoms with E-state index in [2.05, 4.69) is 64.3 Å². The normalized spacial score (nSPS) is 15.3. The third-order valence-electron chi connectivity index (χ3n) is 6.13. The van der Waals surface area contributed by atoms with Crippen LogP contribution in [0.2, 0.25) is 0 Å². The molecule has 0 radical (unpaired) electrons. The van der Waals surface area contributed by atoms with E-state index in [9.17, 15) is 4.79 Å². The van der Waals surface area contributed by atoms with Crippen molar-refractivity contribution in [3.63, 3.8) is 0 Å². The highest BCUT2D eigenvalue weighted by molar-refractivity contribution is 7.98. The van der Waals surface area contributed by atoms with Gasteiger partial charge in [-0.2, -0.15) is 0 Å². The lowest BCUT2D eigenvalue weighted by Gasteiger charge is -2.33. The molecule has 1 N–H and O–H groups in total. The number of aromatic nitrogens is 2. The van der Waals surface area contributed by atoms with Crippen molar-refractivity contribution in [1.29, 1.82) is 0 Å². The Balaban J connectivity index is 1.29. The second-order valence-electron chi connectivity index (χ2n) is 8.39. The highest BCUT2D eigenvalue weighted by Crippen LogP contribution is 2.29. The SMILES string of the molecule is CCN1CCN(CCNC(=O)Cn2ccc3c(SCc4ccc(C)cc4)nccc32)CC1. The lowest BCUT2D eigenvalue weighted by Crippen LogP contribution is -2.48. The largest absolute Gasteiger partial charge is 0.353 e. The minimum atomic E-state index is 0.0559. The molecule has 1 fully saturated rings. The standard InChI is InChI=1S/C25H33N5OS/c1-3-28-14-16-29(17-15-28)13-11-26-24(31)18-30-12-9-22-23(30)8-10-27-25(22)32-19-21-6-4-20(2)5-7-21/h4-10,12H,3,11,13-19H2,1-2H3,(H,26,31). The molecule has 4 rings (SSSR count). The van der Waals surface area contributed by atoms with Crippen molar-refractivity contribution in [2.75, 3.05) is 45.8 Å². The molecule has 1 amide bonds. The number of fused-ring (bicyclic) bond motifs is 1. The Morgan fingerprint density at radius 2 is 1.81 bits per heavy atom. The average molecular weight is 452 g/mol. The molecule has 1 saturated heterocycles. The van der Waals surface area contributed by atoms with Gasteiger partial charge in [0.15, 0.2) is 0 Å². The Morgan fingerprint density at radius 1 is 1.06 bits per heavy atom. The summed E-state index contributed by atoms with van der Waals surface area (Å²) in [6.45, 7) is 11.8. The number of nitrogens with zero attached hydrogens (tertiary/aromatic N) is 4. The highest BCUT2D eigenvalue weighted by atomic mass is 32.2. The van der Waals surface area contributed by atoms with Gasteiger partial charge in [0.05, 0.1) is 5.52 Å². The highest BCUT2D eigenvalue weighted by Gasteiger charge is 2.15.